The zero-order valence-electron chi connectivity index (χ0n) is 9.98. The summed E-state index contributed by atoms with van der Waals surface area (Å²) in [5, 5.41) is 0. The molecule has 0 amide bonds. The number of furan rings is 1. The third-order valence-corrected chi connectivity index (χ3v) is 3.71. The molecule has 0 aliphatic heterocycles. The molecule has 0 N–H and O–H groups in total. The third-order valence-electron chi connectivity index (χ3n) is 2.56. The monoisotopic (exact) mass is 264 g/mol. The maximum atomic E-state index is 12.7. The van der Waals surface area contributed by atoms with Gasteiger partial charge in [0.25, 0.3) is 0 Å². The molecule has 0 saturated carbocycles. The van der Waals surface area contributed by atoms with Gasteiger partial charge in [0, 0.05) is 22.6 Å². The summed E-state index contributed by atoms with van der Waals surface area (Å²) in [5.41, 5.74) is 0.556. The molecule has 94 valence electrons. The first-order chi connectivity index (χ1) is 8.66. The summed E-state index contributed by atoms with van der Waals surface area (Å²) >= 11 is 1.59. The van der Waals surface area contributed by atoms with E-state index in [1.165, 1.54) is 24.3 Å². The Balaban J connectivity index is 1.85. The standard InChI is InChI=1S/C14H13FO2S/c1-10-14(6-8-17-10)18-9-7-13(16)11-2-4-12(15)5-3-11/h2-6,8H,7,9H2,1H3. The fraction of sp³-hybridized carbons (Fsp3) is 0.214. The van der Waals surface area contributed by atoms with Crippen molar-refractivity contribution in [3.63, 3.8) is 0 Å². The zero-order chi connectivity index (χ0) is 13.0. The average molecular weight is 264 g/mol. The molecule has 2 nitrogen and oxygen atoms in total. The van der Waals surface area contributed by atoms with Crippen LogP contribution in [-0.2, 0) is 0 Å². The van der Waals surface area contributed by atoms with Gasteiger partial charge in [0.15, 0.2) is 5.78 Å². The van der Waals surface area contributed by atoms with Gasteiger partial charge in [-0.15, -0.1) is 11.8 Å². The molecule has 0 saturated heterocycles. The molecule has 4 heteroatoms. The van der Waals surface area contributed by atoms with Gasteiger partial charge in [0.2, 0.25) is 0 Å². The molecular formula is C14H13FO2S. The summed E-state index contributed by atoms with van der Waals surface area (Å²) in [7, 11) is 0. The molecule has 0 radical (unpaired) electrons. The summed E-state index contributed by atoms with van der Waals surface area (Å²) < 4.78 is 17.9. The largest absolute Gasteiger partial charge is 0.468 e. The third kappa shape index (κ3) is 3.23. The van der Waals surface area contributed by atoms with Crippen LogP contribution in [0, 0.1) is 12.7 Å². The fourth-order valence-corrected chi connectivity index (χ4v) is 2.47. The van der Waals surface area contributed by atoms with Gasteiger partial charge < -0.3 is 4.42 Å². The van der Waals surface area contributed by atoms with E-state index in [1.807, 2.05) is 13.0 Å². The van der Waals surface area contributed by atoms with Gasteiger partial charge in [-0.1, -0.05) is 0 Å². The van der Waals surface area contributed by atoms with E-state index in [0.717, 1.165) is 10.7 Å². The summed E-state index contributed by atoms with van der Waals surface area (Å²) in [5.74, 6) is 1.27. The Hall–Kier alpha value is -1.55. The van der Waals surface area contributed by atoms with Gasteiger partial charge in [-0.3, -0.25) is 4.79 Å². The molecule has 0 fully saturated rings. The molecule has 0 bridgehead atoms. The lowest BCUT2D eigenvalue weighted by molar-refractivity contribution is 0.0989. The Bertz CT molecular complexity index is 531. The first-order valence-corrected chi connectivity index (χ1v) is 6.61. The van der Waals surface area contributed by atoms with E-state index in [4.69, 9.17) is 4.42 Å². The molecule has 0 aliphatic rings. The minimum Gasteiger partial charge on any atom is -0.468 e. The SMILES string of the molecule is Cc1occc1SCCC(=O)c1ccc(F)cc1. The van der Waals surface area contributed by atoms with Crippen molar-refractivity contribution in [1.82, 2.24) is 0 Å². The molecule has 18 heavy (non-hydrogen) atoms. The van der Waals surface area contributed by atoms with E-state index in [0.29, 0.717) is 17.7 Å². The predicted octanol–water partition coefficient (Wildman–Crippen LogP) is 4.09. The number of Topliss-reactive ketones (excluding diaryl/α,β-unsaturated/α-hetero) is 1. The van der Waals surface area contributed by atoms with Crippen LogP contribution in [0.1, 0.15) is 22.5 Å². The number of ketones is 1. The molecule has 0 unspecified atom stereocenters. The van der Waals surface area contributed by atoms with Crippen molar-refractivity contribution >= 4 is 17.5 Å². The Labute approximate surface area is 109 Å². The number of benzene rings is 1. The van der Waals surface area contributed by atoms with Gasteiger partial charge in [-0.25, -0.2) is 4.39 Å². The molecule has 0 atom stereocenters. The quantitative estimate of drug-likeness (QED) is 0.602. The van der Waals surface area contributed by atoms with E-state index < -0.39 is 0 Å². The first-order valence-electron chi connectivity index (χ1n) is 5.62. The van der Waals surface area contributed by atoms with Crippen LogP contribution in [0.5, 0.6) is 0 Å². The number of thioether (sulfide) groups is 1. The van der Waals surface area contributed by atoms with Crippen LogP contribution in [0.4, 0.5) is 4.39 Å². The van der Waals surface area contributed by atoms with Crippen LogP contribution in [0.2, 0.25) is 0 Å². The van der Waals surface area contributed by atoms with E-state index in [9.17, 15) is 9.18 Å². The van der Waals surface area contributed by atoms with Crippen molar-refractivity contribution in [2.75, 3.05) is 5.75 Å². The molecular weight excluding hydrogens is 251 g/mol. The maximum Gasteiger partial charge on any atom is 0.163 e. The van der Waals surface area contributed by atoms with Crippen molar-refractivity contribution in [1.29, 1.82) is 0 Å². The molecule has 0 aliphatic carbocycles. The Morgan fingerprint density at radius 3 is 2.61 bits per heavy atom. The van der Waals surface area contributed by atoms with Crippen LogP contribution in [0.15, 0.2) is 45.9 Å². The Kier molecular flexibility index (Phi) is 4.20. The minimum atomic E-state index is -0.324. The number of aryl methyl sites for hydroxylation is 1. The van der Waals surface area contributed by atoms with Gasteiger partial charge in [-0.2, -0.15) is 0 Å². The predicted molar refractivity (Wildman–Crippen MR) is 69.5 cm³/mol. The molecule has 0 spiro atoms. The van der Waals surface area contributed by atoms with Crippen molar-refractivity contribution in [2.45, 2.75) is 18.2 Å². The van der Waals surface area contributed by atoms with E-state index in [-0.39, 0.29) is 11.6 Å². The topological polar surface area (TPSA) is 30.2 Å². The highest BCUT2D eigenvalue weighted by molar-refractivity contribution is 7.99. The Morgan fingerprint density at radius 2 is 2.00 bits per heavy atom. The first kappa shape index (κ1) is 12.9. The highest BCUT2D eigenvalue weighted by Crippen LogP contribution is 2.24. The smallest absolute Gasteiger partial charge is 0.163 e. The summed E-state index contributed by atoms with van der Waals surface area (Å²) in [6.45, 7) is 1.89. The van der Waals surface area contributed by atoms with Crippen molar-refractivity contribution in [3.05, 3.63) is 53.7 Å². The number of hydrogen-bond donors (Lipinski definition) is 0. The lowest BCUT2D eigenvalue weighted by Crippen LogP contribution is -2.00. The van der Waals surface area contributed by atoms with E-state index in [2.05, 4.69) is 0 Å². The molecule has 1 heterocycles. The molecule has 2 aromatic rings. The van der Waals surface area contributed by atoms with Crippen LogP contribution in [-0.4, -0.2) is 11.5 Å². The lowest BCUT2D eigenvalue weighted by atomic mass is 10.1. The van der Waals surface area contributed by atoms with Gasteiger partial charge in [-0.05, 0) is 37.3 Å². The number of carbonyl (C=O) groups is 1. The van der Waals surface area contributed by atoms with Crippen molar-refractivity contribution in [3.8, 4) is 0 Å². The Morgan fingerprint density at radius 1 is 1.28 bits per heavy atom. The molecule has 1 aromatic heterocycles. The van der Waals surface area contributed by atoms with Crippen LogP contribution in [0.25, 0.3) is 0 Å². The maximum absolute atomic E-state index is 12.7. The average Bonchev–Trinajstić information content (AvgIpc) is 2.76. The minimum absolute atomic E-state index is 0.0312. The van der Waals surface area contributed by atoms with E-state index >= 15 is 0 Å². The lowest BCUT2D eigenvalue weighted by Gasteiger charge is -2.01. The summed E-state index contributed by atoms with van der Waals surface area (Å²) in [6.07, 6.45) is 2.07. The second-order valence-corrected chi connectivity index (χ2v) is 5.01. The van der Waals surface area contributed by atoms with Gasteiger partial charge >= 0.3 is 0 Å². The zero-order valence-corrected chi connectivity index (χ0v) is 10.8. The van der Waals surface area contributed by atoms with Gasteiger partial charge in [0.05, 0.1) is 6.26 Å². The second-order valence-electron chi connectivity index (χ2n) is 3.87. The van der Waals surface area contributed by atoms with Crippen LogP contribution >= 0.6 is 11.8 Å². The van der Waals surface area contributed by atoms with Crippen LogP contribution in [0.3, 0.4) is 0 Å². The summed E-state index contributed by atoms with van der Waals surface area (Å²) in [6, 6.07) is 7.54. The van der Waals surface area contributed by atoms with Crippen LogP contribution < -0.4 is 0 Å². The number of hydrogen-bond acceptors (Lipinski definition) is 3. The van der Waals surface area contributed by atoms with Crippen molar-refractivity contribution < 1.29 is 13.6 Å². The highest BCUT2D eigenvalue weighted by atomic mass is 32.2. The number of carbonyl (C=O) groups excluding carboxylic acids is 1. The van der Waals surface area contributed by atoms with E-state index in [1.54, 1.807) is 18.0 Å². The summed E-state index contributed by atoms with van der Waals surface area (Å²) in [4.78, 5) is 12.9. The number of rotatable bonds is 5. The van der Waals surface area contributed by atoms with Crippen molar-refractivity contribution in [2.24, 2.45) is 0 Å². The highest BCUT2D eigenvalue weighted by Gasteiger charge is 2.07. The molecule has 1 aromatic carbocycles. The second kappa shape index (κ2) is 5.87. The number of halogens is 1. The molecule has 2 rings (SSSR count). The fourth-order valence-electron chi connectivity index (χ4n) is 1.56. The van der Waals surface area contributed by atoms with Gasteiger partial charge in [0.1, 0.15) is 11.6 Å². The normalized spacial score (nSPS) is 10.6.